The molecule has 0 saturated heterocycles. The maximum Gasteiger partial charge on any atom is 0.395 e. The summed E-state index contributed by atoms with van der Waals surface area (Å²) in [5, 5.41) is 4.26. The van der Waals surface area contributed by atoms with Crippen molar-refractivity contribution in [2.45, 2.75) is 32.5 Å². The van der Waals surface area contributed by atoms with Gasteiger partial charge < -0.3 is 10.1 Å². The number of alkyl halides is 3. The van der Waals surface area contributed by atoms with Gasteiger partial charge in [-0.15, -0.1) is 0 Å². The van der Waals surface area contributed by atoms with E-state index in [4.69, 9.17) is 16.3 Å². The molecule has 0 spiro atoms. The molecule has 176 valence electrons. The van der Waals surface area contributed by atoms with Crippen LogP contribution < -0.4 is 5.32 Å². The lowest BCUT2D eigenvalue weighted by Gasteiger charge is -2.16. The number of nitrogens with zero attached hydrogens (tertiary/aromatic N) is 4. The SMILES string of the molecule is CCOCc1nc(Nc2ccc(C(C)C(F)(F)F)cc2)c2ccc(-c3ncccc3Cl)nc2n1. The number of hydrogen-bond donors (Lipinski definition) is 1. The Bertz CT molecular complexity index is 1300. The van der Waals surface area contributed by atoms with E-state index in [0.717, 1.165) is 6.92 Å². The summed E-state index contributed by atoms with van der Waals surface area (Å²) in [6.07, 6.45) is -2.67. The fraction of sp³-hybridized carbons (Fsp3) is 0.250. The zero-order valence-electron chi connectivity index (χ0n) is 18.4. The van der Waals surface area contributed by atoms with Gasteiger partial charge in [0.05, 0.1) is 22.0 Å². The molecule has 0 aliphatic rings. The summed E-state index contributed by atoms with van der Waals surface area (Å²) in [5.41, 5.74) is 2.25. The molecule has 1 atom stereocenters. The molecule has 0 aliphatic carbocycles. The summed E-state index contributed by atoms with van der Waals surface area (Å²) in [7, 11) is 0. The summed E-state index contributed by atoms with van der Waals surface area (Å²) in [5.74, 6) is -0.682. The number of ether oxygens (including phenoxy) is 1. The molecule has 6 nitrogen and oxygen atoms in total. The van der Waals surface area contributed by atoms with Gasteiger partial charge in [0.2, 0.25) is 0 Å². The van der Waals surface area contributed by atoms with Crippen LogP contribution in [-0.4, -0.2) is 32.7 Å². The number of benzene rings is 1. The maximum atomic E-state index is 13.0. The second-order valence-corrected chi connectivity index (χ2v) is 7.94. The molecule has 10 heteroatoms. The second kappa shape index (κ2) is 9.90. The molecule has 3 aromatic heterocycles. The second-order valence-electron chi connectivity index (χ2n) is 7.54. The molecule has 0 aliphatic heterocycles. The first kappa shape index (κ1) is 23.8. The third kappa shape index (κ3) is 5.26. The first-order valence-electron chi connectivity index (χ1n) is 10.6. The average Bonchev–Trinajstić information content (AvgIpc) is 2.82. The van der Waals surface area contributed by atoms with Crippen molar-refractivity contribution >= 4 is 34.1 Å². The topological polar surface area (TPSA) is 72.8 Å². The lowest BCUT2D eigenvalue weighted by atomic mass is 10.0. The first-order chi connectivity index (χ1) is 16.3. The molecule has 0 radical (unpaired) electrons. The molecule has 4 rings (SSSR count). The van der Waals surface area contributed by atoms with Crippen molar-refractivity contribution in [3.05, 3.63) is 71.1 Å². The van der Waals surface area contributed by atoms with Crippen LogP contribution >= 0.6 is 11.6 Å². The number of rotatable bonds is 7. The van der Waals surface area contributed by atoms with Crippen molar-refractivity contribution in [2.24, 2.45) is 0 Å². The highest BCUT2D eigenvalue weighted by Crippen LogP contribution is 2.35. The van der Waals surface area contributed by atoms with Crippen molar-refractivity contribution < 1.29 is 17.9 Å². The minimum absolute atomic E-state index is 0.180. The van der Waals surface area contributed by atoms with Crippen molar-refractivity contribution in [1.82, 2.24) is 19.9 Å². The fourth-order valence-electron chi connectivity index (χ4n) is 3.30. The van der Waals surface area contributed by atoms with Crippen molar-refractivity contribution in [2.75, 3.05) is 11.9 Å². The van der Waals surface area contributed by atoms with Crippen LogP contribution in [-0.2, 0) is 11.3 Å². The van der Waals surface area contributed by atoms with Gasteiger partial charge in [-0.2, -0.15) is 13.2 Å². The third-order valence-electron chi connectivity index (χ3n) is 5.21. The van der Waals surface area contributed by atoms with Crippen LogP contribution in [0.5, 0.6) is 0 Å². The maximum absolute atomic E-state index is 13.0. The van der Waals surface area contributed by atoms with Crippen molar-refractivity contribution in [3.8, 4) is 11.4 Å². The Labute approximate surface area is 199 Å². The van der Waals surface area contributed by atoms with Crippen LogP contribution in [0.25, 0.3) is 22.4 Å². The molecule has 1 aromatic carbocycles. The summed E-state index contributed by atoms with van der Waals surface area (Å²) in [6, 6.07) is 13.1. The van der Waals surface area contributed by atoms with E-state index in [9.17, 15) is 13.2 Å². The van der Waals surface area contributed by atoms with Gasteiger partial charge in [0.25, 0.3) is 0 Å². The van der Waals surface area contributed by atoms with Gasteiger partial charge in [-0.25, -0.2) is 15.0 Å². The van der Waals surface area contributed by atoms with Gasteiger partial charge in [-0.1, -0.05) is 23.7 Å². The van der Waals surface area contributed by atoms with E-state index >= 15 is 0 Å². The van der Waals surface area contributed by atoms with E-state index in [-0.39, 0.29) is 12.2 Å². The summed E-state index contributed by atoms with van der Waals surface area (Å²) >= 11 is 6.27. The third-order valence-corrected chi connectivity index (χ3v) is 5.51. The van der Waals surface area contributed by atoms with Crippen LogP contribution in [0.1, 0.15) is 31.2 Å². The quantitative estimate of drug-likeness (QED) is 0.313. The number of nitrogens with one attached hydrogen (secondary N) is 1. The lowest BCUT2D eigenvalue weighted by molar-refractivity contribution is -0.146. The molecule has 1 unspecified atom stereocenters. The smallest absolute Gasteiger partial charge is 0.374 e. The molecule has 34 heavy (non-hydrogen) atoms. The number of hydrogen-bond acceptors (Lipinski definition) is 6. The number of anilines is 2. The van der Waals surface area contributed by atoms with Gasteiger partial charge in [-0.05, 0) is 55.8 Å². The Balaban J connectivity index is 1.71. The van der Waals surface area contributed by atoms with Gasteiger partial charge in [0.1, 0.15) is 18.1 Å². The van der Waals surface area contributed by atoms with Gasteiger partial charge in [-0.3, -0.25) is 4.98 Å². The Morgan fingerprint density at radius 2 is 1.79 bits per heavy atom. The molecule has 0 fully saturated rings. The Morgan fingerprint density at radius 1 is 1.03 bits per heavy atom. The van der Waals surface area contributed by atoms with E-state index in [1.807, 2.05) is 6.92 Å². The molecular weight excluding hydrogens is 467 g/mol. The molecular formula is C24H21ClF3N5O. The number of pyridine rings is 2. The minimum Gasteiger partial charge on any atom is -0.374 e. The van der Waals surface area contributed by atoms with Crippen molar-refractivity contribution in [1.29, 1.82) is 0 Å². The molecule has 4 aromatic rings. The Hall–Kier alpha value is -3.30. The Morgan fingerprint density at radius 3 is 2.47 bits per heavy atom. The summed E-state index contributed by atoms with van der Waals surface area (Å²) < 4.78 is 44.5. The normalized spacial score (nSPS) is 12.6. The highest BCUT2D eigenvalue weighted by atomic mass is 35.5. The van der Waals surface area contributed by atoms with E-state index < -0.39 is 12.1 Å². The monoisotopic (exact) mass is 487 g/mol. The minimum atomic E-state index is -4.30. The zero-order valence-corrected chi connectivity index (χ0v) is 19.2. The number of fused-ring (bicyclic) bond motifs is 1. The standard InChI is InChI=1S/C24H21ClF3N5O/c1-3-34-13-20-32-22(30-16-8-6-15(7-9-16)14(2)24(26,27)28)17-10-11-19(31-23(17)33-20)21-18(25)5-4-12-29-21/h4-12,14H,3,13H2,1-2H3,(H,30,31,32,33). The summed E-state index contributed by atoms with van der Waals surface area (Å²) in [6.45, 7) is 3.67. The van der Waals surface area contributed by atoms with Crippen molar-refractivity contribution in [3.63, 3.8) is 0 Å². The van der Waals surface area contributed by atoms with Gasteiger partial charge in [0.15, 0.2) is 11.5 Å². The summed E-state index contributed by atoms with van der Waals surface area (Å²) in [4.78, 5) is 18.0. The van der Waals surface area contributed by atoms with Crippen LogP contribution in [0, 0.1) is 0 Å². The van der Waals surface area contributed by atoms with E-state index in [2.05, 4.69) is 25.3 Å². The van der Waals surface area contributed by atoms with Gasteiger partial charge in [0, 0.05) is 18.5 Å². The van der Waals surface area contributed by atoms with Gasteiger partial charge >= 0.3 is 6.18 Å². The molecule has 3 heterocycles. The molecule has 0 saturated carbocycles. The Kier molecular flexibility index (Phi) is 6.95. The number of halogens is 4. The van der Waals surface area contributed by atoms with Crippen LogP contribution in [0.3, 0.4) is 0 Å². The average molecular weight is 488 g/mol. The lowest BCUT2D eigenvalue weighted by Crippen LogP contribution is -2.17. The van der Waals surface area contributed by atoms with E-state index in [1.54, 1.807) is 42.6 Å². The van der Waals surface area contributed by atoms with Crippen LogP contribution in [0.15, 0.2) is 54.7 Å². The van der Waals surface area contributed by atoms with Crippen LogP contribution in [0.2, 0.25) is 5.02 Å². The first-order valence-corrected chi connectivity index (χ1v) is 10.9. The molecule has 0 amide bonds. The molecule has 0 bridgehead atoms. The number of aromatic nitrogens is 4. The highest BCUT2D eigenvalue weighted by Gasteiger charge is 2.36. The van der Waals surface area contributed by atoms with E-state index in [1.165, 1.54) is 12.1 Å². The van der Waals surface area contributed by atoms with E-state index in [0.29, 0.717) is 51.4 Å². The largest absolute Gasteiger partial charge is 0.395 e. The fourth-order valence-corrected chi connectivity index (χ4v) is 3.51. The zero-order chi connectivity index (χ0) is 24.3. The molecule has 1 N–H and O–H groups in total. The predicted molar refractivity (Wildman–Crippen MR) is 125 cm³/mol. The predicted octanol–water partition coefficient (Wildman–Crippen LogP) is 6.69. The van der Waals surface area contributed by atoms with Crippen LogP contribution in [0.4, 0.5) is 24.7 Å². The highest BCUT2D eigenvalue weighted by molar-refractivity contribution is 6.32.